The molecular weight excluding hydrogens is 235 g/mol. The second-order valence-corrected chi connectivity index (χ2v) is 6.47. The summed E-state index contributed by atoms with van der Waals surface area (Å²) in [7, 11) is -1.67. The molecule has 0 aliphatic heterocycles. The lowest BCUT2D eigenvalue weighted by Crippen LogP contribution is -2.19. The lowest BCUT2D eigenvalue weighted by Gasteiger charge is -2.26. The monoisotopic (exact) mass is 254 g/mol. The van der Waals surface area contributed by atoms with Crippen molar-refractivity contribution in [2.75, 3.05) is 7.11 Å². The van der Waals surface area contributed by atoms with Crippen LogP contribution in [0.25, 0.3) is 0 Å². The number of rotatable bonds is 4. The second kappa shape index (κ2) is 5.81. The molecule has 1 aliphatic carbocycles. The molecule has 1 saturated carbocycles. The van der Waals surface area contributed by atoms with E-state index in [0.717, 1.165) is 25.7 Å². The summed E-state index contributed by atoms with van der Waals surface area (Å²) in [6, 6.07) is 9.20. The average molecular weight is 254 g/mol. The van der Waals surface area contributed by atoms with Gasteiger partial charge in [-0.05, 0) is 25.0 Å². The van der Waals surface area contributed by atoms with E-state index in [1.165, 1.54) is 13.5 Å². The molecule has 1 aromatic rings. The molecule has 3 nitrogen and oxygen atoms in total. The first-order chi connectivity index (χ1) is 8.24. The second-order valence-electron chi connectivity index (χ2n) is 4.38. The highest BCUT2D eigenvalue weighted by molar-refractivity contribution is 7.62. The van der Waals surface area contributed by atoms with Crippen LogP contribution in [0, 0.1) is 0 Å². The van der Waals surface area contributed by atoms with Crippen molar-refractivity contribution in [2.45, 2.75) is 38.2 Å². The Kier molecular flexibility index (Phi) is 4.38. The Balaban J connectivity index is 2.11. The van der Waals surface area contributed by atoms with Gasteiger partial charge in [-0.2, -0.15) is 0 Å². The Morgan fingerprint density at radius 2 is 1.76 bits per heavy atom. The maximum atomic E-state index is 12.6. The Morgan fingerprint density at radius 1 is 1.12 bits per heavy atom. The smallest absolute Gasteiger partial charge is 0.309 e. The van der Waals surface area contributed by atoms with E-state index in [0.29, 0.717) is 5.30 Å². The van der Waals surface area contributed by atoms with E-state index < -0.39 is 7.60 Å². The Hall–Kier alpha value is -0.630. The molecule has 0 saturated heterocycles. The molecule has 1 fully saturated rings. The SMILES string of the molecule is COP(=O)(OC1CCCCC1)c1ccccc1. The van der Waals surface area contributed by atoms with Crippen LogP contribution in [-0.2, 0) is 13.6 Å². The molecule has 94 valence electrons. The van der Waals surface area contributed by atoms with Crippen molar-refractivity contribution in [2.24, 2.45) is 0 Å². The number of hydrogen-bond donors (Lipinski definition) is 0. The van der Waals surface area contributed by atoms with Crippen molar-refractivity contribution in [3.05, 3.63) is 30.3 Å². The Morgan fingerprint density at radius 3 is 2.35 bits per heavy atom. The first-order valence-corrected chi connectivity index (χ1v) is 7.69. The van der Waals surface area contributed by atoms with Crippen LogP contribution >= 0.6 is 7.60 Å². The summed E-state index contributed by atoms with van der Waals surface area (Å²) in [5.41, 5.74) is 0. The minimum Gasteiger partial charge on any atom is -0.309 e. The highest BCUT2D eigenvalue weighted by Crippen LogP contribution is 2.48. The first kappa shape index (κ1) is 12.8. The molecule has 0 heterocycles. The van der Waals surface area contributed by atoms with Crippen LogP contribution < -0.4 is 5.30 Å². The zero-order valence-corrected chi connectivity index (χ0v) is 11.1. The van der Waals surface area contributed by atoms with Crippen LogP contribution in [0.1, 0.15) is 32.1 Å². The van der Waals surface area contributed by atoms with Gasteiger partial charge in [-0.1, -0.05) is 37.5 Å². The number of benzene rings is 1. The van der Waals surface area contributed by atoms with Gasteiger partial charge in [0.15, 0.2) is 0 Å². The van der Waals surface area contributed by atoms with Crippen LogP contribution in [0.2, 0.25) is 0 Å². The highest BCUT2D eigenvalue weighted by Gasteiger charge is 2.30. The van der Waals surface area contributed by atoms with Crippen molar-refractivity contribution in [3.8, 4) is 0 Å². The van der Waals surface area contributed by atoms with Crippen LogP contribution in [0.3, 0.4) is 0 Å². The van der Waals surface area contributed by atoms with Crippen molar-refractivity contribution < 1.29 is 13.6 Å². The van der Waals surface area contributed by atoms with Gasteiger partial charge < -0.3 is 9.05 Å². The topological polar surface area (TPSA) is 35.5 Å². The zero-order valence-electron chi connectivity index (χ0n) is 10.2. The maximum absolute atomic E-state index is 12.6. The first-order valence-electron chi connectivity index (χ1n) is 6.14. The quantitative estimate of drug-likeness (QED) is 0.771. The summed E-state index contributed by atoms with van der Waals surface area (Å²) in [5, 5.41) is 0.646. The van der Waals surface area contributed by atoms with E-state index in [-0.39, 0.29) is 6.10 Å². The highest BCUT2D eigenvalue weighted by atomic mass is 31.2. The molecule has 4 heteroatoms. The fourth-order valence-corrected chi connectivity index (χ4v) is 3.75. The molecule has 0 spiro atoms. The zero-order chi connectivity index (χ0) is 12.1. The molecule has 2 rings (SSSR count). The fourth-order valence-electron chi connectivity index (χ4n) is 2.19. The van der Waals surface area contributed by atoms with Gasteiger partial charge in [0.2, 0.25) is 0 Å². The fraction of sp³-hybridized carbons (Fsp3) is 0.538. The lowest BCUT2D eigenvalue weighted by molar-refractivity contribution is 0.132. The van der Waals surface area contributed by atoms with Gasteiger partial charge in [-0.15, -0.1) is 0 Å². The molecule has 0 radical (unpaired) electrons. The Labute approximate surface area is 103 Å². The summed E-state index contributed by atoms with van der Waals surface area (Å²) in [5.74, 6) is 0. The third-order valence-electron chi connectivity index (χ3n) is 3.15. The predicted octanol–water partition coefficient (Wildman–Crippen LogP) is 3.50. The summed E-state index contributed by atoms with van der Waals surface area (Å²) in [4.78, 5) is 0. The molecule has 0 aromatic heterocycles. The van der Waals surface area contributed by atoms with Gasteiger partial charge in [0.05, 0.1) is 11.4 Å². The van der Waals surface area contributed by atoms with Crippen LogP contribution in [-0.4, -0.2) is 13.2 Å². The van der Waals surface area contributed by atoms with E-state index in [1.54, 1.807) is 12.1 Å². The predicted molar refractivity (Wildman–Crippen MR) is 68.6 cm³/mol. The largest absolute Gasteiger partial charge is 0.361 e. The molecule has 0 bridgehead atoms. The van der Waals surface area contributed by atoms with E-state index in [2.05, 4.69) is 0 Å². The molecule has 17 heavy (non-hydrogen) atoms. The van der Waals surface area contributed by atoms with E-state index in [4.69, 9.17) is 9.05 Å². The molecular formula is C13H19O3P. The average Bonchev–Trinajstić information content (AvgIpc) is 2.41. The minimum absolute atomic E-state index is 0.0785. The van der Waals surface area contributed by atoms with Crippen LogP contribution in [0.5, 0.6) is 0 Å². The summed E-state index contributed by atoms with van der Waals surface area (Å²) < 4.78 is 23.5. The summed E-state index contributed by atoms with van der Waals surface area (Å²) in [6.45, 7) is 0. The van der Waals surface area contributed by atoms with Crippen molar-refractivity contribution in [1.82, 2.24) is 0 Å². The third kappa shape index (κ3) is 3.19. The molecule has 0 amide bonds. The van der Waals surface area contributed by atoms with Gasteiger partial charge in [0.25, 0.3) is 0 Å². The maximum Gasteiger partial charge on any atom is 0.361 e. The summed E-state index contributed by atoms with van der Waals surface area (Å²) >= 11 is 0. The Bertz CT molecular complexity index is 385. The van der Waals surface area contributed by atoms with Crippen LogP contribution in [0.15, 0.2) is 30.3 Å². The molecule has 0 N–H and O–H groups in total. The standard InChI is InChI=1S/C13H19O3P/c1-15-17(14,13-10-6-3-7-11-13)16-12-8-4-2-5-9-12/h3,6-7,10-12H,2,4-5,8-9H2,1H3. The normalized spacial score (nSPS) is 21.0. The third-order valence-corrected chi connectivity index (χ3v) is 5.14. The van der Waals surface area contributed by atoms with E-state index in [9.17, 15) is 4.57 Å². The molecule has 1 atom stereocenters. The van der Waals surface area contributed by atoms with Gasteiger partial charge in [0, 0.05) is 7.11 Å². The van der Waals surface area contributed by atoms with Gasteiger partial charge in [0.1, 0.15) is 0 Å². The molecule has 1 unspecified atom stereocenters. The minimum atomic E-state index is -3.12. The van der Waals surface area contributed by atoms with Gasteiger partial charge in [-0.3, -0.25) is 4.57 Å². The number of hydrogen-bond acceptors (Lipinski definition) is 3. The lowest BCUT2D eigenvalue weighted by atomic mass is 9.98. The van der Waals surface area contributed by atoms with Gasteiger partial charge in [-0.25, -0.2) is 0 Å². The van der Waals surface area contributed by atoms with Gasteiger partial charge >= 0.3 is 7.60 Å². The van der Waals surface area contributed by atoms with Crippen LogP contribution in [0.4, 0.5) is 0 Å². The van der Waals surface area contributed by atoms with Crippen molar-refractivity contribution >= 4 is 12.9 Å². The van der Waals surface area contributed by atoms with Crippen molar-refractivity contribution in [3.63, 3.8) is 0 Å². The molecule has 1 aromatic carbocycles. The van der Waals surface area contributed by atoms with E-state index in [1.807, 2.05) is 18.2 Å². The van der Waals surface area contributed by atoms with Crippen molar-refractivity contribution in [1.29, 1.82) is 0 Å². The summed E-state index contributed by atoms with van der Waals surface area (Å²) in [6.07, 6.45) is 5.62. The molecule has 1 aliphatic rings. The van der Waals surface area contributed by atoms with E-state index >= 15 is 0 Å².